The first-order valence-electron chi connectivity index (χ1n) is 8.41. The average Bonchev–Trinajstić information content (AvgIpc) is 3.15. The lowest BCUT2D eigenvalue weighted by atomic mass is 10.1. The number of carbonyl (C=O) groups is 2. The Kier molecular flexibility index (Phi) is 5.08. The number of amides is 2. The number of fused-ring (bicyclic) bond motifs is 1. The summed E-state index contributed by atoms with van der Waals surface area (Å²) in [5.41, 5.74) is 2.28. The van der Waals surface area contributed by atoms with Crippen molar-refractivity contribution in [2.45, 2.75) is 33.1 Å². The van der Waals surface area contributed by atoms with Gasteiger partial charge in [0.1, 0.15) is 10.8 Å². The number of benzene rings is 1. The van der Waals surface area contributed by atoms with Gasteiger partial charge >= 0.3 is 0 Å². The molecule has 1 aliphatic rings. The fourth-order valence-electron chi connectivity index (χ4n) is 2.92. The summed E-state index contributed by atoms with van der Waals surface area (Å²) in [6.07, 6.45) is 2.89. The Morgan fingerprint density at radius 2 is 1.92 bits per heavy atom. The number of para-hydroxylation sites is 2. The third-order valence-corrected chi connectivity index (χ3v) is 5.47. The van der Waals surface area contributed by atoms with Gasteiger partial charge in [0.05, 0.1) is 18.4 Å². The van der Waals surface area contributed by atoms with E-state index in [-0.39, 0.29) is 17.7 Å². The van der Waals surface area contributed by atoms with Gasteiger partial charge in [-0.2, -0.15) is 0 Å². The van der Waals surface area contributed by atoms with Crippen LogP contribution in [0.15, 0.2) is 24.3 Å². The van der Waals surface area contributed by atoms with Crippen molar-refractivity contribution in [2.75, 3.05) is 17.7 Å². The van der Waals surface area contributed by atoms with Gasteiger partial charge in [-0.3, -0.25) is 9.59 Å². The van der Waals surface area contributed by atoms with E-state index in [9.17, 15) is 9.59 Å². The van der Waals surface area contributed by atoms with Gasteiger partial charge in [-0.05, 0) is 37.0 Å². The molecule has 132 valence electrons. The van der Waals surface area contributed by atoms with E-state index in [0.29, 0.717) is 22.0 Å². The van der Waals surface area contributed by atoms with Crippen LogP contribution in [0.1, 0.15) is 41.1 Å². The van der Waals surface area contributed by atoms with Crippen LogP contribution >= 0.6 is 11.3 Å². The number of carbonyl (C=O) groups excluding carboxylic acids is 2. The average molecular weight is 358 g/mol. The van der Waals surface area contributed by atoms with E-state index in [2.05, 4.69) is 10.6 Å². The van der Waals surface area contributed by atoms with Gasteiger partial charge in [0, 0.05) is 10.8 Å². The topological polar surface area (TPSA) is 67.4 Å². The molecule has 1 aromatic heterocycles. The van der Waals surface area contributed by atoms with Crippen molar-refractivity contribution < 1.29 is 14.3 Å². The minimum atomic E-state index is -0.206. The number of hydrogen-bond acceptors (Lipinski definition) is 4. The van der Waals surface area contributed by atoms with E-state index in [0.717, 1.165) is 24.8 Å². The summed E-state index contributed by atoms with van der Waals surface area (Å²) in [5, 5.41) is 6.50. The molecule has 0 bridgehead atoms. The van der Waals surface area contributed by atoms with Crippen LogP contribution in [-0.2, 0) is 17.6 Å². The number of aryl methyl sites for hydroxylation is 1. The summed E-state index contributed by atoms with van der Waals surface area (Å²) in [4.78, 5) is 26.3. The predicted octanol–water partition coefficient (Wildman–Crippen LogP) is 4.09. The van der Waals surface area contributed by atoms with Gasteiger partial charge in [-0.15, -0.1) is 11.3 Å². The van der Waals surface area contributed by atoms with Crippen LogP contribution in [0.5, 0.6) is 5.75 Å². The highest BCUT2D eigenvalue weighted by Gasteiger charge is 2.28. The molecule has 0 spiro atoms. The molecule has 3 rings (SSSR count). The van der Waals surface area contributed by atoms with Crippen molar-refractivity contribution in [3.8, 4) is 5.75 Å². The minimum absolute atomic E-state index is 0.0775. The molecule has 0 unspecified atom stereocenters. The Hall–Kier alpha value is -2.34. The Labute approximate surface area is 151 Å². The molecule has 0 saturated carbocycles. The number of ether oxygens (including phenoxy) is 1. The molecule has 0 aliphatic heterocycles. The van der Waals surface area contributed by atoms with Crippen molar-refractivity contribution in [3.05, 3.63) is 40.3 Å². The lowest BCUT2D eigenvalue weighted by Gasteiger charge is -2.12. The smallest absolute Gasteiger partial charge is 0.259 e. The molecule has 2 aromatic rings. The molecule has 6 heteroatoms. The van der Waals surface area contributed by atoms with Crippen LogP contribution in [0.2, 0.25) is 0 Å². The zero-order valence-corrected chi connectivity index (χ0v) is 15.5. The molecular weight excluding hydrogens is 336 g/mol. The second-order valence-corrected chi connectivity index (χ2v) is 7.47. The van der Waals surface area contributed by atoms with E-state index < -0.39 is 0 Å². The Bertz CT molecular complexity index is 811. The molecule has 0 radical (unpaired) electrons. The second-order valence-electron chi connectivity index (χ2n) is 6.36. The van der Waals surface area contributed by atoms with Gasteiger partial charge in [0.25, 0.3) is 5.91 Å². The van der Waals surface area contributed by atoms with Crippen LogP contribution in [0, 0.1) is 5.92 Å². The molecule has 25 heavy (non-hydrogen) atoms. The highest BCUT2D eigenvalue weighted by molar-refractivity contribution is 7.17. The summed E-state index contributed by atoms with van der Waals surface area (Å²) in [7, 11) is 1.57. The van der Waals surface area contributed by atoms with Crippen molar-refractivity contribution in [2.24, 2.45) is 5.92 Å². The number of thiophene rings is 1. The maximum atomic E-state index is 13.0. The largest absolute Gasteiger partial charge is 0.495 e. The SMILES string of the molecule is COc1ccccc1NC(=O)c1c(NC(=O)C(C)C)sc2c1CCC2. The predicted molar refractivity (Wildman–Crippen MR) is 101 cm³/mol. The van der Waals surface area contributed by atoms with Crippen molar-refractivity contribution in [1.29, 1.82) is 0 Å². The first kappa shape index (κ1) is 17.5. The van der Waals surface area contributed by atoms with E-state index in [1.807, 2.05) is 26.0 Å². The first-order chi connectivity index (χ1) is 12.0. The van der Waals surface area contributed by atoms with Gasteiger partial charge in [-0.25, -0.2) is 0 Å². The summed E-state index contributed by atoms with van der Waals surface area (Å²) in [6, 6.07) is 7.30. The lowest BCUT2D eigenvalue weighted by Crippen LogP contribution is -2.21. The third kappa shape index (κ3) is 3.54. The van der Waals surface area contributed by atoms with E-state index in [1.54, 1.807) is 19.2 Å². The molecular formula is C19H22N2O3S. The fraction of sp³-hybridized carbons (Fsp3) is 0.368. The van der Waals surface area contributed by atoms with Gasteiger partial charge in [0.2, 0.25) is 5.91 Å². The summed E-state index contributed by atoms with van der Waals surface area (Å²) in [6.45, 7) is 3.68. The zero-order chi connectivity index (χ0) is 18.0. The number of anilines is 2. The molecule has 1 aromatic carbocycles. The molecule has 0 atom stereocenters. The maximum Gasteiger partial charge on any atom is 0.259 e. The third-order valence-electron chi connectivity index (χ3n) is 4.26. The molecule has 0 saturated heterocycles. The van der Waals surface area contributed by atoms with Crippen LogP contribution in [0.25, 0.3) is 0 Å². The van der Waals surface area contributed by atoms with Crippen LogP contribution in [-0.4, -0.2) is 18.9 Å². The standard InChI is InChI=1S/C19H22N2O3S/c1-11(2)17(22)21-19-16(12-7-6-10-15(12)25-19)18(23)20-13-8-4-5-9-14(13)24-3/h4-5,8-9,11H,6-7,10H2,1-3H3,(H,20,23)(H,21,22). The molecule has 2 N–H and O–H groups in total. The quantitative estimate of drug-likeness (QED) is 0.846. The van der Waals surface area contributed by atoms with E-state index in [1.165, 1.54) is 16.2 Å². The number of methoxy groups -OCH3 is 1. The highest BCUT2D eigenvalue weighted by Crippen LogP contribution is 2.40. The van der Waals surface area contributed by atoms with Crippen LogP contribution < -0.4 is 15.4 Å². The fourth-order valence-corrected chi connectivity index (χ4v) is 4.21. The van der Waals surface area contributed by atoms with E-state index in [4.69, 9.17) is 4.74 Å². The van der Waals surface area contributed by atoms with Gasteiger partial charge in [-0.1, -0.05) is 26.0 Å². The Morgan fingerprint density at radius 1 is 1.16 bits per heavy atom. The Morgan fingerprint density at radius 3 is 2.64 bits per heavy atom. The zero-order valence-electron chi connectivity index (χ0n) is 14.6. The molecule has 5 nitrogen and oxygen atoms in total. The first-order valence-corrected chi connectivity index (χ1v) is 9.22. The monoisotopic (exact) mass is 358 g/mol. The molecule has 1 heterocycles. The number of rotatable bonds is 5. The van der Waals surface area contributed by atoms with Crippen molar-refractivity contribution in [3.63, 3.8) is 0 Å². The minimum Gasteiger partial charge on any atom is -0.495 e. The van der Waals surface area contributed by atoms with Gasteiger partial charge in [0.15, 0.2) is 0 Å². The summed E-state index contributed by atoms with van der Waals surface area (Å²) < 4.78 is 5.30. The maximum absolute atomic E-state index is 13.0. The molecule has 2 amide bonds. The Balaban J connectivity index is 1.92. The van der Waals surface area contributed by atoms with Crippen molar-refractivity contribution >= 4 is 33.8 Å². The lowest BCUT2D eigenvalue weighted by molar-refractivity contribution is -0.118. The summed E-state index contributed by atoms with van der Waals surface area (Å²) in [5.74, 6) is 0.187. The van der Waals surface area contributed by atoms with Crippen LogP contribution in [0.4, 0.5) is 10.7 Å². The highest BCUT2D eigenvalue weighted by atomic mass is 32.1. The second kappa shape index (κ2) is 7.27. The van der Waals surface area contributed by atoms with Crippen LogP contribution in [0.3, 0.4) is 0 Å². The normalized spacial score (nSPS) is 12.8. The van der Waals surface area contributed by atoms with E-state index >= 15 is 0 Å². The van der Waals surface area contributed by atoms with Crippen molar-refractivity contribution in [1.82, 2.24) is 0 Å². The molecule has 0 fully saturated rings. The summed E-state index contributed by atoms with van der Waals surface area (Å²) >= 11 is 1.52. The molecule has 1 aliphatic carbocycles. The number of hydrogen-bond donors (Lipinski definition) is 2. The van der Waals surface area contributed by atoms with Gasteiger partial charge < -0.3 is 15.4 Å². The number of nitrogens with one attached hydrogen (secondary N) is 2.